The Bertz CT molecular complexity index is 180. The zero-order valence-electron chi connectivity index (χ0n) is 12.6. The molecule has 2 nitrogen and oxygen atoms in total. The second-order valence-electron chi connectivity index (χ2n) is 5.38. The fraction of sp³-hybridized carbons (Fsp3) is 0.938. The number of nitrogens with one attached hydrogen (secondary N) is 1. The van der Waals surface area contributed by atoms with Gasteiger partial charge in [-0.15, -0.1) is 0 Å². The number of ketones is 1. The van der Waals surface area contributed by atoms with Crippen molar-refractivity contribution in [2.75, 3.05) is 13.1 Å². The summed E-state index contributed by atoms with van der Waals surface area (Å²) >= 11 is 0. The molecule has 0 aliphatic rings. The molecule has 1 N–H and O–H groups in total. The summed E-state index contributed by atoms with van der Waals surface area (Å²) in [5.74, 6) is 0.283. The molecule has 0 saturated carbocycles. The van der Waals surface area contributed by atoms with Crippen LogP contribution in [0.15, 0.2) is 0 Å². The van der Waals surface area contributed by atoms with Gasteiger partial charge in [-0.1, -0.05) is 64.7 Å². The lowest BCUT2D eigenvalue weighted by molar-refractivity contribution is -0.116. The molecule has 0 radical (unpaired) electrons. The third kappa shape index (κ3) is 15.6. The minimum Gasteiger partial charge on any atom is -0.316 e. The van der Waals surface area contributed by atoms with E-state index < -0.39 is 0 Å². The Morgan fingerprint density at radius 2 is 1.28 bits per heavy atom. The number of carbonyl (C=O) groups excluding carboxylic acids is 1. The summed E-state index contributed by atoms with van der Waals surface area (Å²) in [5.41, 5.74) is 0. The van der Waals surface area contributed by atoms with E-state index in [1.54, 1.807) is 6.92 Å². The second-order valence-corrected chi connectivity index (χ2v) is 5.38. The fourth-order valence-electron chi connectivity index (χ4n) is 2.13. The Morgan fingerprint density at radius 3 is 1.78 bits per heavy atom. The van der Waals surface area contributed by atoms with E-state index in [1.165, 1.54) is 64.2 Å². The van der Waals surface area contributed by atoms with Crippen molar-refractivity contribution in [1.29, 1.82) is 0 Å². The maximum absolute atomic E-state index is 10.7. The molecule has 0 amide bonds. The molecule has 18 heavy (non-hydrogen) atoms. The normalized spacial score (nSPS) is 10.8. The van der Waals surface area contributed by atoms with Crippen LogP contribution in [-0.2, 0) is 4.79 Å². The third-order valence-corrected chi connectivity index (χ3v) is 3.36. The topological polar surface area (TPSA) is 29.1 Å². The van der Waals surface area contributed by atoms with Crippen molar-refractivity contribution in [2.24, 2.45) is 0 Å². The number of rotatable bonds is 14. The van der Waals surface area contributed by atoms with E-state index in [2.05, 4.69) is 12.2 Å². The van der Waals surface area contributed by atoms with Gasteiger partial charge in [-0.25, -0.2) is 0 Å². The molecule has 0 unspecified atom stereocenters. The van der Waals surface area contributed by atoms with Gasteiger partial charge >= 0.3 is 0 Å². The highest BCUT2D eigenvalue weighted by Crippen LogP contribution is 2.10. The van der Waals surface area contributed by atoms with Gasteiger partial charge in [0, 0.05) is 13.0 Å². The van der Waals surface area contributed by atoms with Crippen LogP contribution in [0.4, 0.5) is 0 Å². The molecule has 0 aliphatic heterocycles. The highest BCUT2D eigenvalue weighted by Gasteiger charge is 1.94. The molecule has 0 rings (SSSR count). The van der Waals surface area contributed by atoms with Crippen LogP contribution in [0, 0.1) is 0 Å². The number of hydrogen-bond acceptors (Lipinski definition) is 2. The zero-order chi connectivity index (χ0) is 13.5. The first-order valence-corrected chi connectivity index (χ1v) is 7.97. The molecule has 0 aromatic heterocycles. The standard InChI is InChI=1S/C16H33NO/c1-3-4-5-6-7-8-9-10-11-12-14-17-15-13-16(2)18/h17H,3-15H2,1-2H3. The molecule has 2 heteroatoms. The van der Waals surface area contributed by atoms with Crippen molar-refractivity contribution in [1.82, 2.24) is 5.32 Å². The Kier molecular flexibility index (Phi) is 14.4. The van der Waals surface area contributed by atoms with E-state index in [9.17, 15) is 4.79 Å². The first kappa shape index (κ1) is 17.6. The minimum atomic E-state index is 0.283. The lowest BCUT2D eigenvalue weighted by Crippen LogP contribution is -2.18. The van der Waals surface area contributed by atoms with E-state index in [1.807, 2.05) is 0 Å². The second kappa shape index (κ2) is 14.7. The number of Topliss-reactive ketones (excluding diaryl/α,β-unsaturated/α-hetero) is 1. The smallest absolute Gasteiger partial charge is 0.131 e. The van der Waals surface area contributed by atoms with Gasteiger partial charge in [-0.3, -0.25) is 4.79 Å². The lowest BCUT2D eigenvalue weighted by atomic mass is 10.1. The zero-order valence-corrected chi connectivity index (χ0v) is 12.6. The summed E-state index contributed by atoms with van der Waals surface area (Å²) < 4.78 is 0. The van der Waals surface area contributed by atoms with Crippen LogP contribution >= 0.6 is 0 Å². The minimum absolute atomic E-state index is 0.283. The van der Waals surface area contributed by atoms with Crippen LogP contribution in [0.2, 0.25) is 0 Å². The van der Waals surface area contributed by atoms with Gasteiger partial charge in [0.05, 0.1) is 0 Å². The fourth-order valence-corrected chi connectivity index (χ4v) is 2.13. The Labute approximate surface area is 114 Å². The maximum Gasteiger partial charge on any atom is 0.131 e. The average molecular weight is 255 g/mol. The number of carbonyl (C=O) groups is 1. The van der Waals surface area contributed by atoms with Gasteiger partial charge in [0.1, 0.15) is 5.78 Å². The van der Waals surface area contributed by atoms with Gasteiger partial charge in [0.2, 0.25) is 0 Å². The SMILES string of the molecule is CCCCCCCCCCCCNCCC(C)=O. The van der Waals surface area contributed by atoms with Crippen molar-refractivity contribution >= 4 is 5.78 Å². The highest BCUT2D eigenvalue weighted by atomic mass is 16.1. The predicted octanol–water partition coefficient (Wildman–Crippen LogP) is 4.48. The number of unbranched alkanes of at least 4 members (excludes halogenated alkanes) is 9. The molecule has 0 saturated heterocycles. The molecule has 0 spiro atoms. The highest BCUT2D eigenvalue weighted by molar-refractivity contribution is 5.75. The van der Waals surface area contributed by atoms with Crippen LogP contribution in [0.3, 0.4) is 0 Å². The summed E-state index contributed by atoms with van der Waals surface area (Å²) in [6.45, 7) is 5.85. The van der Waals surface area contributed by atoms with E-state index in [4.69, 9.17) is 0 Å². The van der Waals surface area contributed by atoms with Crippen LogP contribution < -0.4 is 5.32 Å². The summed E-state index contributed by atoms with van der Waals surface area (Å²) in [5, 5.41) is 3.32. The molecular weight excluding hydrogens is 222 g/mol. The van der Waals surface area contributed by atoms with Crippen molar-refractivity contribution in [3.05, 3.63) is 0 Å². The van der Waals surface area contributed by atoms with Crippen LogP contribution in [0.5, 0.6) is 0 Å². The quantitative estimate of drug-likeness (QED) is 0.464. The van der Waals surface area contributed by atoms with E-state index in [0.29, 0.717) is 6.42 Å². The molecule has 0 aliphatic carbocycles. The molecule has 0 heterocycles. The molecule has 0 aromatic carbocycles. The summed E-state index contributed by atoms with van der Waals surface area (Å²) in [4.78, 5) is 10.7. The Balaban J connectivity index is 2.92. The Morgan fingerprint density at radius 1 is 0.778 bits per heavy atom. The average Bonchev–Trinajstić information content (AvgIpc) is 2.34. The van der Waals surface area contributed by atoms with Crippen molar-refractivity contribution < 1.29 is 4.79 Å². The van der Waals surface area contributed by atoms with Crippen LogP contribution in [0.25, 0.3) is 0 Å². The molecular formula is C16H33NO. The molecule has 0 bridgehead atoms. The first-order valence-electron chi connectivity index (χ1n) is 7.97. The van der Waals surface area contributed by atoms with Gasteiger partial charge in [0.25, 0.3) is 0 Å². The van der Waals surface area contributed by atoms with E-state index in [0.717, 1.165) is 13.1 Å². The lowest BCUT2D eigenvalue weighted by Gasteiger charge is -2.04. The summed E-state index contributed by atoms with van der Waals surface area (Å²) in [6.07, 6.45) is 14.5. The molecule has 0 atom stereocenters. The predicted molar refractivity (Wildman–Crippen MR) is 80.0 cm³/mol. The Hall–Kier alpha value is -0.370. The van der Waals surface area contributed by atoms with Gasteiger partial charge in [-0.2, -0.15) is 0 Å². The summed E-state index contributed by atoms with van der Waals surface area (Å²) in [6, 6.07) is 0. The van der Waals surface area contributed by atoms with E-state index >= 15 is 0 Å². The van der Waals surface area contributed by atoms with Gasteiger partial charge in [-0.05, 0) is 19.9 Å². The van der Waals surface area contributed by atoms with Crippen molar-refractivity contribution in [3.8, 4) is 0 Å². The maximum atomic E-state index is 10.7. The van der Waals surface area contributed by atoms with Crippen molar-refractivity contribution in [2.45, 2.75) is 84.5 Å². The molecule has 0 aromatic rings. The number of hydrogen-bond donors (Lipinski definition) is 1. The third-order valence-electron chi connectivity index (χ3n) is 3.36. The van der Waals surface area contributed by atoms with Gasteiger partial charge < -0.3 is 5.32 Å². The van der Waals surface area contributed by atoms with Crippen molar-refractivity contribution in [3.63, 3.8) is 0 Å². The van der Waals surface area contributed by atoms with Gasteiger partial charge in [0.15, 0.2) is 0 Å². The summed E-state index contributed by atoms with van der Waals surface area (Å²) in [7, 11) is 0. The molecule has 108 valence electrons. The van der Waals surface area contributed by atoms with Crippen LogP contribution in [0.1, 0.15) is 84.5 Å². The monoisotopic (exact) mass is 255 g/mol. The first-order chi connectivity index (χ1) is 8.77. The molecule has 0 fully saturated rings. The van der Waals surface area contributed by atoms with E-state index in [-0.39, 0.29) is 5.78 Å². The van der Waals surface area contributed by atoms with Crippen LogP contribution in [-0.4, -0.2) is 18.9 Å². The largest absolute Gasteiger partial charge is 0.316 e.